The summed E-state index contributed by atoms with van der Waals surface area (Å²) in [4.78, 5) is -0.171. The summed E-state index contributed by atoms with van der Waals surface area (Å²) < 4.78 is 39.8. The Morgan fingerprint density at radius 1 is 1.24 bits per heavy atom. The number of rotatable bonds is 4. The van der Waals surface area contributed by atoms with E-state index in [4.69, 9.17) is 11.0 Å². The van der Waals surface area contributed by atoms with Crippen LogP contribution in [0.25, 0.3) is 0 Å². The average molecular weight is 305 g/mol. The van der Waals surface area contributed by atoms with Crippen molar-refractivity contribution in [3.63, 3.8) is 0 Å². The number of nitrogens with one attached hydrogen (secondary N) is 1. The Hall–Kier alpha value is -2.43. The quantitative estimate of drug-likeness (QED) is 0.841. The van der Waals surface area contributed by atoms with Crippen LogP contribution in [0, 0.1) is 17.1 Å². The molecule has 0 heterocycles. The van der Waals surface area contributed by atoms with Crippen LogP contribution >= 0.6 is 0 Å². The van der Waals surface area contributed by atoms with E-state index in [9.17, 15) is 12.8 Å². The Morgan fingerprint density at radius 2 is 1.95 bits per heavy atom. The van der Waals surface area contributed by atoms with Gasteiger partial charge in [-0.25, -0.2) is 17.5 Å². The van der Waals surface area contributed by atoms with Crippen LogP contribution < -0.4 is 10.5 Å². The van der Waals surface area contributed by atoms with Gasteiger partial charge >= 0.3 is 0 Å². The first-order valence-corrected chi connectivity index (χ1v) is 7.45. The van der Waals surface area contributed by atoms with E-state index < -0.39 is 15.8 Å². The number of hydrogen-bond acceptors (Lipinski definition) is 4. The number of para-hydroxylation sites is 1. The second kappa shape index (κ2) is 5.91. The Morgan fingerprint density at radius 3 is 2.62 bits per heavy atom. The molecule has 2 aromatic carbocycles. The first kappa shape index (κ1) is 15.0. The molecule has 0 bridgehead atoms. The van der Waals surface area contributed by atoms with Crippen LogP contribution in [0.3, 0.4) is 0 Å². The molecule has 0 aromatic heterocycles. The Kier molecular flexibility index (Phi) is 4.21. The van der Waals surface area contributed by atoms with Gasteiger partial charge in [0.05, 0.1) is 10.5 Å². The predicted molar refractivity (Wildman–Crippen MR) is 76.0 cm³/mol. The summed E-state index contributed by atoms with van der Waals surface area (Å²) in [7, 11) is -3.85. The van der Waals surface area contributed by atoms with Crippen LogP contribution in [-0.2, 0) is 16.6 Å². The minimum absolute atomic E-state index is 0.00820. The van der Waals surface area contributed by atoms with Crippen molar-refractivity contribution in [2.75, 3.05) is 5.73 Å². The SMILES string of the molecule is N#Cc1cc(S(=O)(=O)NCc2ccccc2N)ccc1F. The molecule has 0 amide bonds. The monoisotopic (exact) mass is 305 g/mol. The van der Waals surface area contributed by atoms with E-state index in [2.05, 4.69) is 4.72 Å². The van der Waals surface area contributed by atoms with Gasteiger partial charge in [-0.05, 0) is 29.8 Å². The maximum absolute atomic E-state index is 13.2. The molecule has 0 spiro atoms. The predicted octanol–water partition coefficient (Wildman–Crippen LogP) is 1.76. The van der Waals surface area contributed by atoms with Gasteiger partial charge in [0.15, 0.2) is 0 Å². The van der Waals surface area contributed by atoms with E-state index >= 15 is 0 Å². The average Bonchev–Trinajstić information content (AvgIpc) is 2.46. The van der Waals surface area contributed by atoms with E-state index in [1.165, 1.54) is 0 Å². The second-order valence-corrected chi connectivity index (χ2v) is 6.04. The van der Waals surface area contributed by atoms with Crippen molar-refractivity contribution in [3.05, 3.63) is 59.4 Å². The third-order valence-electron chi connectivity index (χ3n) is 2.88. The fraction of sp³-hybridized carbons (Fsp3) is 0.0714. The Bertz CT molecular complexity index is 813. The first-order valence-electron chi connectivity index (χ1n) is 5.97. The molecular weight excluding hydrogens is 293 g/mol. The summed E-state index contributed by atoms with van der Waals surface area (Å²) in [5.41, 5.74) is 6.50. The van der Waals surface area contributed by atoms with E-state index in [1.54, 1.807) is 30.3 Å². The number of nitriles is 1. The number of nitrogens with zero attached hydrogens (tertiary/aromatic N) is 1. The molecule has 0 unspecified atom stereocenters. The summed E-state index contributed by atoms with van der Waals surface area (Å²) in [6.45, 7) is 0.00820. The number of hydrogen-bond donors (Lipinski definition) is 2. The van der Waals surface area contributed by atoms with Crippen LogP contribution in [-0.4, -0.2) is 8.42 Å². The smallest absolute Gasteiger partial charge is 0.240 e. The van der Waals surface area contributed by atoms with E-state index in [0.29, 0.717) is 11.3 Å². The maximum atomic E-state index is 13.2. The Balaban J connectivity index is 2.24. The molecular formula is C14H12FN3O2S. The third kappa shape index (κ3) is 3.37. The Labute approximate surface area is 121 Å². The lowest BCUT2D eigenvalue weighted by Gasteiger charge is -2.09. The molecule has 0 radical (unpaired) electrons. The number of benzene rings is 2. The number of sulfonamides is 1. The van der Waals surface area contributed by atoms with E-state index in [0.717, 1.165) is 18.2 Å². The molecule has 0 atom stereocenters. The van der Waals surface area contributed by atoms with Crippen molar-refractivity contribution < 1.29 is 12.8 Å². The lowest BCUT2D eigenvalue weighted by Crippen LogP contribution is -2.23. The molecule has 5 nitrogen and oxygen atoms in total. The largest absolute Gasteiger partial charge is 0.398 e. The topological polar surface area (TPSA) is 96.0 Å². The molecule has 0 saturated carbocycles. The highest BCUT2D eigenvalue weighted by Crippen LogP contribution is 2.16. The third-order valence-corrected chi connectivity index (χ3v) is 4.28. The normalized spacial score (nSPS) is 11.0. The molecule has 2 aromatic rings. The van der Waals surface area contributed by atoms with Crippen molar-refractivity contribution in [2.45, 2.75) is 11.4 Å². The van der Waals surface area contributed by atoms with Crippen LogP contribution in [0.15, 0.2) is 47.4 Å². The number of nitrogens with two attached hydrogens (primary N) is 1. The van der Waals surface area contributed by atoms with Crippen LogP contribution in [0.5, 0.6) is 0 Å². The van der Waals surface area contributed by atoms with Crippen LogP contribution in [0.4, 0.5) is 10.1 Å². The van der Waals surface area contributed by atoms with Crippen LogP contribution in [0.1, 0.15) is 11.1 Å². The molecule has 0 aliphatic carbocycles. The summed E-state index contributed by atoms with van der Waals surface area (Å²) in [5, 5.41) is 8.73. The number of nitrogen functional groups attached to an aromatic ring is 1. The van der Waals surface area contributed by atoms with Crippen molar-refractivity contribution in [2.24, 2.45) is 0 Å². The van der Waals surface area contributed by atoms with Crippen molar-refractivity contribution in [1.82, 2.24) is 4.72 Å². The molecule has 0 fully saturated rings. The summed E-state index contributed by atoms with van der Waals surface area (Å²) >= 11 is 0. The molecule has 7 heteroatoms. The standard InChI is InChI=1S/C14H12FN3O2S/c15-13-6-5-12(7-11(13)8-16)21(19,20)18-9-10-3-1-2-4-14(10)17/h1-7,18H,9,17H2. The fourth-order valence-corrected chi connectivity index (χ4v) is 2.74. The lowest BCUT2D eigenvalue weighted by atomic mass is 10.2. The van der Waals surface area contributed by atoms with Gasteiger partial charge in [0.2, 0.25) is 10.0 Å². The van der Waals surface area contributed by atoms with Crippen molar-refractivity contribution in [1.29, 1.82) is 5.26 Å². The molecule has 0 aliphatic rings. The zero-order valence-electron chi connectivity index (χ0n) is 10.9. The summed E-state index contributed by atoms with van der Waals surface area (Å²) in [5.74, 6) is -0.760. The van der Waals surface area contributed by atoms with Gasteiger partial charge in [-0.1, -0.05) is 18.2 Å². The molecule has 21 heavy (non-hydrogen) atoms. The summed E-state index contributed by atoms with van der Waals surface area (Å²) in [6.07, 6.45) is 0. The maximum Gasteiger partial charge on any atom is 0.240 e. The highest BCUT2D eigenvalue weighted by atomic mass is 32.2. The molecule has 0 aliphatic heterocycles. The zero-order chi connectivity index (χ0) is 15.5. The number of halogens is 1. The lowest BCUT2D eigenvalue weighted by molar-refractivity contribution is 0.580. The van der Waals surface area contributed by atoms with Gasteiger partial charge in [-0.15, -0.1) is 0 Å². The van der Waals surface area contributed by atoms with Crippen molar-refractivity contribution >= 4 is 15.7 Å². The molecule has 3 N–H and O–H groups in total. The zero-order valence-corrected chi connectivity index (χ0v) is 11.7. The van der Waals surface area contributed by atoms with E-state index in [1.807, 2.05) is 0 Å². The van der Waals surface area contributed by atoms with Gasteiger partial charge in [-0.2, -0.15) is 5.26 Å². The van der Waals surface area contributed by atoms with Gasteiger partial charge in [0.25, 0.3) is 0 Å². The highest BCUT2D eigenvalue weighted by Gasteiger charge is 2.16. The second-order valence-electron chi connectivity index (χ2n) is 4.28. The van der Waals surface area contributed by atoms with Crippen molar-refractivity contribution in [3.8, 4) is 6.07 Å². The molecule has 0 saturated heterocycles. The minimum atomic E-state index is -3.85. The van der Waals surface area contributed by atoms with E-state index in [-0.39, 0.29) is 17.0 Å². The summed E-state index contributed by atoms with van der Waals surface area (Å²) in [6, 6.07) is 11.5. The first-order chi connectivity index (χ1) is 9.94. The van der Waals surface area contributed by atoms with Gasteiger partial charge in [0, 0.05) is 12.2 Å². The molecule has 2 rings (SSSR count). The van der Waals surface area contributed by atoms with Crippen LogP contribution in [0.2, 0.25) is 0 Å². The van der Waals surface area contributed by atoms with Gasteiger partial charge in [0.1, 0.15) is 11.9 Å². The molecule has 108 valence electrons. The highest BCUT2D eigenvalue weighted by molar-refractivity contribution is 7.89. The number of anilines is 1. The fourth-order valence-electron chi connectivity index (χ4n) is 1.71. The van der Waals surface area contributed by atoms with Gasteiger partial charge in [-0.3, -0.25) is 0 Å². The van der Waals surface area contributed by atoms with Gasteiger partial charge < -0.3 is 5.73 Å². The minimum Gasteiger partial charge on any atom is -0.398 e.